The number of likely N-dealkylation sites (tertiary alicyclic amines) is 1. The van der Waals surface area contributed by atoms with Crippen molar-refractivity contribution in [1.29, 1.82) is 0 Å². The zero-order valence-corrected chi connectivity index (χ0v) is 13.0. The van der Waals surface area contributed by atoms with E-state index in [0.29, 0.717) is 0 Å². The van der Waals surface area contributed by atoms with Crippen molar-refractivity contribution in [2.24, 2.45) is 11.8 Å². The van der Waals surface area contributed by atoms with E-state index in [4.69, 9.17) is 9.84 Å². The summed E-state index contributed by atoms with van der Waals surface area (Å²) in [7, 11) is 0. The quantitative estimate of drug-likeness (QED) is 0.901. The first-order valence-corrected chi connectivity index (χ1v) is 7.41. The maximum atomic E-state index is 14.6. The molecule has 1 amide bonds. The zero-order chi connectivity index (χ0) is 17.2. The number of halogens is 2. The van der Waals surface area contributed by atoms with E-state index in [1.807, 2.05) is 0 Å². The average Bonchev–Trinajstić information content (AvgIpc) is 2.89. The highest BCUT2D eigenvalue weighted by molar-refractivity contribution is 5.86. The maximum absolute atomic E-state index is 14.6. The fourth-order valence-electron chi connectivity index (χ4n) is 2.78. The van der Waals surface area contributed by atoms with Gasteiger partial charge in [0.05, 0.1) is 18.1 Å². The molecule has 0 bridgehead atoms. The number of carbonyl (C=O) groups excluding carboxylic acids is 1. The number of carboxylic acids is 1. The molecule has 1 aliphatic rings. The van der Waals surface area contributed by atoms with Crippen LogP contribution >= 0.6 is 0 Å². The SMILES string of the molecule is CCOc1ccccc1C(F)(F)C(=O)N1C[C@@H](C)[C@H](C(=O)O)C1. The Hall–Kier alpha value is -2.18. The number of ether oxygens (including phenoxy) is 1. The van der Waals surface area contributed by atoms with Gasteiger partial charge in [0, 0.05) is 13.1 Å². The van der Waals surface area contributed by atoms with Crippen LogP contribution in [0, 0.1) is 11.8 Å². The summed E-state index contributed by atoms with van der Waals surface area (Å²) >= 11 is 0. The molecule has 2 atom stereocenters. The molecular formula is C16H19F2NO4. The van der Waals surface area contributed by atoms with Gasteiger partial charge < -0.3 is 14.7 Å². The van der Waals surface area contributed by atoms with E-state index >= 15 is 0 Å². The molecule has 1 saturated heterocycles. The number of alkyl halides is 2. The molecule has 1 aliphatic heterocycles. The predicted molar refractivity (Wildman–Crippen MR) is 78.4 cm³/mol. The molecular weight excluding hydrogens is 308 g/mol. The Balaban J connectivity index is 2.26. The van der Waals surface area contributed by atoms with Gasteiger partial charge in [-0.05, 0) is 25.0 Å². The van der Waals surface area contributed by atoms with Crippen LogP contribution in [-0.2, 0) is 15.5 Å². The number of carboxylic acid groups (broad SMARTS) is 1. The lowest BCUT2D eigenvalue weighted by Gasteiger charge is -2.24. The molecule has 1 heterocycles. The van der Waals surface area contributed by atoms with Crippen molar-refractivity contribution in [3.8, 4) is 5.75 Å². The van der Waals surface area contributed by atoms with Gasteiger partial charge in [0.25, 0.3) is 5.91 Å². The van der Waals surface area contributed by atoms with Gasteiger partial charge in [-0.1, -0.05) is 19.1 Å². The third kappa shape index (κ3) is 3.28. The Bertz CT molecular complexity index is 605. The molecule has 0 aliphatic carbocycles. The monoisotopic (exact) mass is 327 g/mol. The van der Waals surface area contributed by atoms with E-state index in [2.05, 4.69) is 0 Å². The lowest BCUT2D eigenvalue weighted by atomic mass is 9.99. The van der Waals surface area contributed by atoms with Crippen LogP contribution in [0.1, 0.15) is 19.4 Å². The number of benzene rings is 1. The fourth-order valence-corrected chi connectivity index (χ4v) is 2.78. The molecule has 0 saturated carbocycles. The molecule has 1 N–H and O–H groups in total. The molecule has 7 heteroatoms. The Morgan fingerprint density at radius 3 is 2.57 bits per heavy atom. The molecule has 1 aromatic rings. The van der Waals surface area contributed by atoms with Crippen LogP contribution in [0.15, 0.2) is 24.3 Å². The normalized spacial score (nSPS) is 21.3. The van der Waals surface area contributed by atoms with Crippen LogP contribution in [0.25, 0.3) is 0 Å². The number of amides is 1. The summed E-state index contributed by atoms with van der Waals surface area (Å²) in [4.78, 5) is 24.3. The molecule has 0 aromatic heterocycles. The zero-order valence-electron chi connectivity index (χ0n) is 13.0. The molecule has 126 valence electrons. The third-order valence-corrected chi connectivity index (χ3v) is 4.01. The Labute approximate surface area is 132 Å². The summed E-state index contributed by atoms with van der Waals surface area (Å²) in [5.41, 5.74) is -0.502. The number of hydrogen-bond donors (Lipinski definition) is 1. The average molecular weight is 327 g/mol. The van der Waals surface area contributed by atoms with E-state index in [-0.39, 0.29) is 31.4 Å². The summed E-state index contributed by atoms with van der Waals surface area (Å²) in [6, 6.07) is 5.49. The Morgan fingerprint density at radius 2 is 2.00 bits per heavy atom. The van der Waals surface area contributed by atoms with E-state index in [1.54, 1.807) is 19.9 Å². The number of carbonyl (C=O) groups is 2. The molecule has 0 unspecified atom stereocenters. The van der Waals surface area contributed by atoms with Gasteiger partial charge in [0.1, 0.15) is 5.75 Å². The third-order valence-electron chi connectivity index (χ3n) is 4.01. The molecule has 23 heavy (non-hydrogen) atoms. The number of para-hydroxylation sites is 1. The lowest BCUT2D eigenvalue weighted by Crippen LogP contribution is -2.41. The summed E-state index contributed by atoms with van der Waals surface area (Å²) in [6.07, 6.45) is 0. The molecule has 0 spiro atoms. The molecule has 5 nitrogen and oxygen atoms in total. The second-order valence-electron chi connectivity index (χ2n) is 5.64. The summed E-state index contributed by atoms with van der Waals surface area (Å²) in [5, 5.41) is 9.07. The smallest absolute Gasteiger partial charge is 0.353 e. The van der Waals surface area contributed by atoms with Gasteiger partial charge >= 0.3 is 11.9 Å². The first kappa shape index (κ1) is 17.2. The number of rotatable bonds is 5. The van der Waals surface area contributed by atoms with Crippen LogP contribution in [0.4, 0.5) is 8.78 Å². The van der Waals surface area contributed by atoms with Gasteiger partial charge in [-0.3, -0.25) is 9.59 Å². The van der Waals surface area contributed by atoms with Crippen LogP contribution in [0.2, 0.25) is 0 Å². The van der Waals surface area contributed by atoms with Crippen LogP contribution in [0.5, 0.6) is 5.75 Å². The second kappa shape index (κ2) is 6.52. The second-order valence-corrected chi connectivity index (χ2v) is 5.64. The molecule has 1 fully saturated rings. The fraction of sp³-hybridized carbons (Fsp3) is 0.500. The van der Waals surface area contributed by atoms with Crippen LogP contribution in [-0.4, -0.2) is 41.6 Å². The van der Waals surface area contributed by atoms with Crippen molar-refractivity contribution in [3.05, 3.63) is 29.8 Å². The van der Waals surface area contributed by atoms with E-state index in [9.17, 15) is 18.4 Å². The Morgan fingerprint density at radius 1 is 1.35 bits per heavy atom. The van der Waals surface area contributed by atoms with Crippen molar-refractivity contribution in [2.75, 3.05) is 19.7 Å². The number of aliphatic carboxylic acids is 1. The molecule has 1 aromatic carbocycles. The van der Waals surface area contributed by atoms with Crippen molar-refractivity contribution < 1.29 is 28.2 Å². The van der Waals surface area contributed by atoms with Gasteiger partial charge in [-0.25, -0.2) is 0 Å². The minimum absolute atomic E-state index is 0.00217. The molecule has 2 rings (SSSR count). The first-order valence-electron chi connectivity index (χ1n) is 7.41. The van der Waals surface area contributed by atoms with Gasteiger partial charge in [0.15, 0.2) is 0 Å². The number of nitrogens with zero attached hydrogens (tertiary/aromatic N) is 1. The maximum Gasteiger partial charge on any atom is 0.353 e. The van der Waals surface area contributed by atoms with E-state index in [0.717, 1.165) is 11.0 Å². The van der Waals surface area contributed by atoms with E-state index < -0.39 is 29.3 Å². The van der Waals surface area contributed by atoms with Gasteiger partial charge in [0.2, 0.25) is 0 Å². The highest BCUT2D eigenvalue weighted by atomic mass is 19.3. The number of hydrogen-bond acceptors (Lipinski definition) is 3. The van der Waals surface area contributed by atoms with E-state index in [1.165, 1.54) is 12.1 Å². The highest BCUT2D eigenvalue weighted by Gasteiger charge is 2.49. The van der Waals surface area contributed by atoms with Crippen molar-refractivity contribution in [1.82, 2.24) is 4.90 Å². The Kier molecular flexibility index (Phi) is 4.87. The minimum atomic E-state index is -3.77. The first-order chi connectivity index (χ1) is 10.8. The summed E-state index contributed by atoms with van der Waals surface area (Å²) in [5.74, 6) is -7.47. The van der Waals surface area contributed by atoms with Crippen LogP contribution in [0.3, 0.4) is 0 Å². The standard InChI is InChI=1S/C16H19F2NO4/c1-3-23-13-7-5-4-6-12(13)16(17,18)15(22)19-8-10(2)11(9-19)14(20)21/h4-7,10-11H,3,8-9H2,1-2H3,(H,20,21)/t10-,11-/m1/s1. The highest BCUT2D eigenvalue weighted by Crippen LogP contribution is 2.38. The van der Waals surface area contributed by atoms with Crippen molar-refractivity contribution in [3.63, 3.8) is 0 Å². The summed E-state index contributed by atoms with van der Waals surface area (Å²) < 4.78 is 34.4. The van der Waals surface area contributed by atoms with Gasteiger partial charge in [-0.2, -0.15) is 8.78 Å². The van der Waals surface area contributed by atoms with Crippen LogP contribution < -0.4 is 4.74 Å². The largest absolute Gasteiger partial charge is 0.493 e. The molecule has 0 radical (unpaired) electrons. The summed E-state index contributed by atoms with van der Waals surface area (Å²) in [6.45, 7) is 3.29. The predicted octanol–water partition coefficient (Wildman–Crippen LogP) is 2.36. The van der Waals surface area contributed by atoms with Gasteiger partial charge in [-0.15, -0.1) is 0 Å². The van der Waals surface area contributed by atoms with Crippen molar-refractivity contribution in [2.45, 2.75) is 19.8 Å². The topological polar surface area (TPSA) is 66.8 Å². The minimum Gasteiger partial charge on any atom is -0.493 e. The van der Waals surface area contributed by atoms with Crippen molar-refractivity contribution >= 4 is 11.9 Å². The lowest BCUT2D eigenvalue weighted by molar-refractivity contribution is -0.158.